The average molecular weight is 229 g/mol. The lowest BCUT2D eigenvalue weighted by molar-refractivity contribution is 0.632. The number of benzene rings is 2. The number of nitrogen functional groups attached to an aromatic ring is 1. The van der Waals surface area contributed by atoms with Crippen molar-refractivity contribution in [3.8, 4) is 11.1 Å². The van der Waals surface area contributed by atoms with Gasteiger partial charge in [-0.2, -0.15) is 0 Å². The van der Waals surface area contributed by atoms with Crippen molar-refractivity contribution in [1.29, 1.82) is 0 Å². The zero-order chi connectivity index (χ0) is 12.3. The number of hydrogen-bond donors (Lipinski definition) is 1. The summed E-state index contributed by atoms with van der Waals surface area (Å²) in [4.78, 5) is 0. The first-order valence-corrected chi connectivity index (χ1v) is 5.85. The molecule has 0 fully saturated rings. The maximum atomic E-state index is 13.7. The van der Waals surface area contributed by atoms with E-state index in [4.69, 9.17) is 5.73 Å². The number of aryl methyl sites for hydroxylation is 1. The van der Waals surface area contributed by atoms with E-state index in [1.165, 1.54) is 11.6 Å². The third-order valence-corrected chi connectivity index (χ3v) is 2.80. The van der Waals surface area contributed by atoms with Crippen LogP contribution in [0.1, 0.15) is 18.9 Å². The van der Waals surface area contributed by atoms with E-state index < -0.39 is 0 Å². The zero-order valence-electron chi connectivity index (χ0n) is 9.91. The summed E-state index contributed by atoms with van der Waals surface area (Å²) in [6, 6.07) is 12.8. The second kappa shape index (κ2) is 5.00. The van der Waals surface area contributed by atoms with E-state index in [0.717, 1.165) is 18.4 Å². The van der Waals surface area contributed by atoms with Crippen molar-refractivity contribution in [2.45, 2.75) is 19.8 Å². The molecule has 17 heavy (non-hydrogen) atoms. The first kappa shape index (κ1) is 11.6. The minimum Gasteiger partial charge on any atom is -0.399 e. The molecule has 0 radical (unpaired) electrons. The molecule has 2 heteroatoms. The van der Waals surface area contributed by atoms with E-state index >= 15 is 0 Å². The Kier molecular flexibility index (Phi) is 3.43. The first-order valence-electron chi connectivity index (χ1n) is 5.85. The summed E-state index contributed by atoms with van der Waals surface area (Å²) < 4.78 is 13.7. The van der Waals surface area contributed by atoms with Gasteiger partial charge in [-0.3, -0.25) is 0 Å². The van der Waals surface area contributed by atoms with Gasteiger partial charge in [0.1, 0.15) is 5.82 Å². The summed E-state index contributed by atoms with van der Waals surface area (Å²) in [5, 5.41) is 0. The maximum Gasteiger partial charge on any atom is 0.133 e. The summed E-state index contributed by atoms with van der Waals surface area (Å²) >= 11 is 0. The predicted octanol–water partition coefficient (Wildman–Crippen LogP) is 4.03. The van der Waals surface area contributed by atoms with E-state index in [-0.39, 0.29) is 5.82 Å². The van der Waals surface area contributed by atoms with Crippen molar-refractivity contribution in [2.24, 2.45) is 0 Å². The molecule has 0 aliphatic rings. The van der Waals surface area contributed by atoms with Crippen molar-refractivity contribution in [1.82, 2.24) is 0 Å². The van der Waals surface area contributed by atoms with Gasteiger partial charge in [0.25, 0.3) is 0 Å². The van der Waals surface area contributed by atoms with Crippen LogP contribution in [0.25, 0.3) is 11.1 Å². The average Bonchev–Trinajstić information content (AvgIpc) is 2.31. The lowest BCUT2D eigenvalue weighted by atomic mass is 10.0. The lowest BCUT2D eigenvalue weighted by Crippen LogP contribution is -1.90. The van der Waals surface area contributed by atoms with Crippen LogP contribution in [0.3, 0.4) is 0 Å². The summed E-state index contributed by atoms with van der Waals surface area (Å²) in [7, 11) is 0. The molecule has 2 aromatic carbocycles. The monoisotopic (exact) mass is 229 g/mol. The molecule has 2 aromatic rings. The molecule has 0 unspecified atom stereocenters. The van der Waals surface area contributed by atoms with Crippen molar-refractivity contribution in [3.05, 3.63) is 53.8 Å². The van der Waals surface area contributed by atoms with E-state index in [0.29, 0.717) is 11.3 Å². The Morgan fingerprint density at radius 1 is 1.06 bits per heavy atom. The Bertz CT molecular complexity index is 503. The van der Waals surface area contributed by atoms with Crippen molar-refractivity contribution < 1.29 is 4.39 Å². The Labute approximate surface area is 101 Å². The maximum absolute atomic E-state index is 13.7. The lowest BCUT2D eigenvalue weighted by Gasteiger charge is -2.06. The van der Waals surface area contributed by atoms with Gasteiger partial charge in [-0.05, 0) is 35.7 Å². The van der Waals surface area contributed by atoms with Gasteiger partial charge in [-0.25, -0.2) is 4.39 Å². The van der Waals surface area contributed by atoms with Gasteiger partial charge in [0.2, 0.25) is 0 Å². The van der Waals surface area contributed by atoms with Crippen LogP contribution < -0.4 is 5.73 Å². The second-order valence-corrected chi connectivity index (χ2v) is 4.19. The molecule has 0 amide bonds. The van der Waals surface area contributed by atoms with Crippen molar-refractivity contribution in [3.63, 3.8) is 0 Å². The molecule has 0 saturated heterocycles. The molecule has 2 rings (SSSR count). The van der Waals surface area contributed by atoms with Crippen LogP contribution in [0, 0.1) is 5.82 Å². The van der Waals surface area contributed by atoms with Crippen LogP contribution in [0.5, 0.6) is 0 Å². The molecular weight excluding hydrogens is 213 g/mol. The Morgan fingerprint density at radius 2 is 1.76 bits per heavy atom. The second-order valence-electron chi connectivity index (χ2n) is 4.19. The smallest absolute Gasteiger partial charge is 0.133 e. The van der Waals surface area contributed by atoms with E-state index in [9.17, 15) is 4.39 Å². The zero-order valence-corrected chi connectivity index (χ0v) is 9.91. The molecule has 1 nitrogen and oxygen atoms in total. The predicted molar refractivity (Wildman–Crippen MR) is 70.2 cm³/mol. The summed E-state index contributed by atoms with van der Waals surface area (Å²) in [6.07, 6.45) is 2.18. The molecule has 0 aromatic heterocycles. The number of nitrogens with two attached hydrogens (primary N) is 1. The fraction of sp³-hybridized carbons (Fsp3) is 0.200. The van der Waals surface area contributed by atoms with Crippen molar-refractivity contribution >= 4 is 5.69 Å². The molecule has 0 saturated carbocycles. The number of anilines is 1. The van der Waals surface area contributed by atoms with Gasteiger partial charge in [-0.1, -0.05) is 37.6 Å². The van der Waals surface area contributed by atoms with Gasteiger partial charge in [0, 0.05) is 11.3 Å². The molecule has 0 spiro atoms. The summed E-state index contributed by atoms with van der Waals surface area (Å²) in [5.41, 5.74) is 8.76. The standard InChI is InChI=1S/C15H16FN/c1-2-3-11-4-6-12(7-5-11)14-9-8-13(17)10-15(14)16/h4-10H,2-3,17H2,1H3. The van der Waals surface area contributed by atoms with Gasteiger partial charge < -0.3 is 5.73 Å². The van der Waals surface area contributed by atoms with Gasteiger partial charge in [0.15, 0.2) is 0 Å². The van der Waals surface area contributed by atoms with Crippen LogP contribution >= 0.6 is 0 Å². The SMILES string of the molecule is CCCc1ccc(-c2ccc(N)cc2F)cc1. The van der Waals surface area contributed by atoms with Gasteiger partial charge >= 0.3 is 0 Å². The highest BCUT2D eigenvalue weighted by atomic mass is 19.1. The number of hydrogen-bond acceptors (Lipinski definition) is 1. The Morgan fingerprint density at radius 3 is 2.35 bits per heavy atom. The minimum absolute atomic E-state index is 0.270. The molecule has 0 bridgehead atoms. The number of halogens is 1. The van der Waals surface area contributed by atoms with E-state index in [1.54, 1.807) is 12.1 Å². The molecule has 2 N–H and O–H groups in total. The van der Waals surface area contributed by atoms with Crippen molar-refractivity contribution in [2.75, 3.05) is 5.73 Å². The van der Waals surface area contributed by atoms with Crippen LogP contribution in [-0.4, -0.2) is 0 Å². The molecule has 88 valence electrons. The molecule has 0 atom stereocenters. The summed E-state index contributed by atoms with van der Waals surface area (Å²) in [5.74, 6) is -0.270. The number of rotatable bonds is 3. The van der Waals surface area contributed by atoms with Crippen LogP contribution in [0.15, 0.2) is 42.5 Å². The fourth-order valence-electron chi connectivity index (χ4n) is 1.91. The van der Waals surface area contributed by atoms with Gasteiger partial charge in [0.05, 0.1) is 0 Å². The highest BCUT2D eigenvalue weighted by Gasteiger charge is 2.05. The minimum atomic E-state index is -0.270. The normalized spacial score (nSPS) is 10.5. The Hall–Kier alpha value is -1.83. The highest BCUT2D eigenvalue weighted by Crippen LogP contribution is 2.24. The molecule has 0 aliphatic heterocycles. The highest BCUT2D eigenvalue weighted by molar-refractivity contribution is 5.66. The Balaban J connectivity index is 2.33. The van der Waals surface area contributed by atoms with Crippen LogP contribution in [0.2, 0.25) is 0 Å². The van der Waals surface area contributed by atoms with Crippen LogP contribution in [-0.2, 0) is 6.42 Å². The first-order chi connectivity index (χ1) is 8.20. The molecular formula is C15H16FN. The third-order valence-electron chi connectivity index (χ3n) is 2.80. The molecule has 0 aliphatic carbocycles. The topological polar surface area (TPSA) is 26.0 Å². The molecule has 0 heterocycles. The van der Waals surface area contributed by atoms with Gasteiger partial charge in [-0.15, -0.1) is 0 Å². The van der Waals surface area contributed by atoms with Crippen LogP contribution in [0.4, 0.5) is 10.1 Å². The summed E-state index contributed by atoms with van der Waals surface area (Å²) in [6.45, 7) is 2.15. The fourth-order valence-corrected chi connectivity index (χ4v) is 1.91. The third kappa shape index (κ3) is 2.64. The quantitative estimate of drug-likeness (QED) is 0.790. The van der Waals surface area contributed by atoms with E-state index in [1.807, 2.05) is 12.1 Å². The largest absolute Gasteiger partial charge is 0.399 e. The van der Waals surface area contributed by atoms with E-state index in [2.05, 4.69) is 19.1 Å².